The van der Waals surface area contributed by atoms with Crippen molar-refractivity contribution in [3.8, 4) is 22.9 Å². The number of fused-ring (bicyclic) bond motifs is 1. The summed E-state index contributed by atoms with van der Waals surface area (Å²) in [6.45, 7) is 1.10. The van der Waals surface area contributed by atoms with E-state index >= 15 is 0 Å². The average Bonchev–Trinajstić information content (AvgIpc) is 3.13. The Balaban J connectivity index is 1.32. The smallest absolute Gasteiger partial charge is 0.262 e. The van der Waals surface area contributed by atoms with Crippen LogP contribution in [0.3, 0.4) is 0 Å². The minimum absolute atomic E-state index is 0.112. The van der Waals surface area contributed by atoms with Crippen molar-refractivity contribution >= 4 is 11.6 Å². The number of hydrogen-bond donors (Lipinski definition) is 1. The molecule has 9 heteroatoms. The molecule has 2 heterocycles. The monoisotopic (exact) mass is 367 g/mol. The Labute approximate surface area is 154 Å². The molecule has 1 aliphatic rings. The Bertz CT molecular complexity index is 912. The van der Waals surface area contributed by atoms with Crippen LogP contribution in [-0.2, 0) is 4.79 Å². The standard InChI is InChI=1S/C18H17N5O4/c24-18(20-13-2-7-16-17(10-13)26-9-1-8-25-16)11-27-15-5-3-14(4-6-15)23-12-19-21-22-23/h2-7,10,12H,1,8-9,11H2,(H,20,24). The van der Waals surface area contributed by atoms with Crippen molar-refractivity contribution < 1.29 is 19.0 Å². The molecule has 1 aromatic heterocycles. The Kier molecular flexibility index (Phi) is 4.82. The van der Waals surface area contributed by atoms with E-state index in [1.54, 1.807) is 42.5 Å². The Morgan fingerprint density at radius 3 is 2.70 bits per heavy atom. The van der Waals surface area contributed by atoms with E-state index < -0.39 is 0 Å². The lowest BCUT2D eigenvalue weighted by Crippen LogP contribution is -2.20. The van der Waals surface area contributed by atoms with Crippen LogP contribution in [0.5, 0.6) is 17.2 Å². The van der Waals surface area contributed by atoms with E-state index in [1.807, 2.05) is 0 Å². The molecule has 0 bridgehead atoms. The summed E-state index contributed by atoms with van der Waals surface area (Å²) in [5, 5.41) is 13.8. The summed E-state index contributed by atoms with van der Waals surface area (Å²) in [4.78, 5) is 12.1. The average molecular weight is 367 g/mol. The second-order valence-electron chi connectivity index (χ2n) is 5.80. The largest absolute Gasteiger partial charge is 0.490 e. The summed E-state index contributed by atoms with van der Waals surface area (Å²) in [6.07, 6.45) is 2.33. The van der Waals surface area contributed by atoms with E-state index in [1.165, 1.54) is 11.0 Å². The minimum Gasteiger partial charge on any atom is -0.490 e. The van der Waals surface area contributed by atoms with Crippen LogP contribution in [0.25, 0.3) is 5.69 Å². The highest BCUT2D eigenvalue weighted by molar-refractivity contribution is 5.92. The van der Waals surface area contributed by atoms with Crippen LogP contribution in [-0.4, -0.2) is 45.9 Å². The summed E-state index contributed by atoms with van der Waals surface area (Å²) in [7, 11) is 0. The van der Waals surface area contributed by atoms with Crippen LogP contribution in [0.2, 0.25) is 0 Å². The molecule has 4 rings (SSSR count). The molecule has 0 atom stereocenters. The third kappa shape index (κ3) is 4.14. The molecule has 1 aliphatic heterocycles. The van der Waals surface area contributed by atoms with Crippen LogP contribution in [0, 0.1) is 0 Å². The van der Waals surface area contributed by atoms with Crippen molar-refractivity contribution in [1.29, 1.82) is 0 Å². The zero-order chi connectivity index (χ0) is 18.5. The number of tetrazole rings is 1. The molecule has 0 aliphatic carbocycles. The van der Waals surface area contributed by atoms with Gasteiger partial charge in [-0.25, -0.2) is 4.68 Å². The molecule has 2 aromatic carbocycles. The lowest BCUT2D eigenvalue weighted by atomic mass is 10.2. The first-order valence-corrected chi connectivity index (χ1v) is 8.44. The summed E-state index contributed by atoms with van der Waals surface area (Å²) < 4.78 is 18.2. The van der Waals surface area contributed by atoms with Crippen molar-refractivity contribution in [3.05, 3.63) is 48.8 Å². The third-order valence-corrected chi connectivity index (χ3v) is 3.85. The van der Waals surface area contributed by atoms with Crippen LogP contribution in [0.15, 0.2) is 48.8 Å². The van der Waals surface area contributed by atoms with Gasteiger partial charge in [0.2, 0.25) is 0 Å². The molecule has 138 valence electrons. The van der Waals surface area contributed by atoms with Crippen molar-refractivity contribution in [3.63, 3.8) is 0 Å². The summed E-state index contributed by atoms with van der Waals surface area (Å²) >= 11 is 0. The van der Waals surface area contributed by atoms with Gasteiger partial charge in [-0.2, -0.15) is 0 Å². The molecule has 0 radical (unpaired) electrons. The lowest BCUT2D eigenvalue weighted by molar-refractivity contribution is -0.118. The first kappa shape index (κ1) is 16.8. The topological polar surface area (TPSA) is 100 Å². The number of carbonyl (C=O) groups is 1. The molecule has 1 amide bonds. The van der Waals surface area contributed by atoms with Gasteiger partial charge in [-0.3, -0.25) is 4.79 Å². The number of nitrogens with zero attached hydrogens (tertiary/aromatic N) is 4. The highest BCUT2D eigenvalue weighted by atomic mass is 16.5. The van der Waals surface area contributed by atoms with Crippen LogP contribution < -0.4 is 19.5 Å². The third-order valence-electron chi connectivity index (χ3n) is 3.85. The van der Waals surface area contributed by atoms with Crippen LogP contribution in [0.4, 0.5) is 5.69 Å². The van der Waals surface area contributed by atoms with Crippen LogP contribution >= 0.6 is 0 Å². The van der Waals surface area contributed by atoms with Gasteiger partial charge < -0.3 is 19.5 Å². The Hall–Kier alpha value is -3.62. The molecule has 0 saturated carbocycles. The van der Waals surface area contributed by atoms with Crippen LogP contribution in [0.1, 0.15) is 6.42 Å². The van der Waals surface area contributed by atoms with Crippen molar-refractivity contribution in [2.45, 2.75) is 6.42 Å². The second-order valence-corrected chi connectivity index (χ2v) is 5.80. The van der Waals surface area contributed by atoms with E-state index in [0.717, 1.165) is 12.1 Å². The molecule has 0 saturated heterocycles. The van der Waals surface area contributed by atoms with Gasteiger partial charge in [0.25, 0.3) is 5.91 Å². The SMILES string of the molecule is O=C(COc1ccc(-n2cnnn2)cc1)Nc1ccc2c(c1)OCCCO2. The number of rotatable bonds is 5. The lowest BCUT2D eigenvalue weighted by Gasteiger charge is -2.11. The highest BCUT2D eigenvalue weighted by Gasteiger charge is 2.12. The predicted octanol–water partition coefficient (Wildman–Crippen LogP) is 1.84. The van der Waals surface area contributed by atoms with E-state index in [-0.39, 0.29) is 12.5 Å². The van der Waals surface area contributed by atoms with Gasteiger partial charge in [0.1, 0.15) is 12.1 Å². The molecule has 27 heavy (non-hydrogen) atoms. The molecule has 3 aromatic rings. The molecule has 9 nitrogen and oxygen atoms in total. The Morgan fingerprint density at radius 2 is 1.93 bits per heavy atom. The van der Waals surface area contributed by atoms with Gasteiger partial charge in [-0.1, -0.05) is 0 Å². The van der Waals surface area contributed by atoms with E-state index in [9.17, 15) is 4.79 Å². The van der Waals surface area contributed by atoms with Gasteiger partial charge in [0.15, 0.2) is 18.1 Å². The maximum absolute atomic E-state index is 12.1. The summed E-state index contributed by atoms with van der Waals surface area (Å²) in [5.41, 5.74) is 1.42. The number of anilines is 1. The second kappa shape index (κ2) is 7.73. The highest BCUT2D eigenvalue weighted by Crippen LogP contribution is 2.32. The fourth-order valence-electron chi connectivity index (χ4n) is 2.56. The zero-order valence-electron chi connectivity index (χ0n) is 14.4. The fraction of sp³-hybridized carbons (Fsp3) is 0.222. The van der Waals surface area contributed by atoms with E-state index in [0.29, 0.717) is 36.1 Å². The van der Waals surface area contributed by atoms with Gasteiger partial charge in [0.05, 0.1) is 18.9 Å². The normalized spacial score (nSPS) is 12.9. The van der Waals surface area contributed by atoms with Crippen molar-refractivity contribution in [2.24, 2.45) is 0 Å². The number of carbonyl (C=O) groups excluding carboxylic acids is 1. The van der Waals surface area contributed by atoms with Gasteiger partial charge >= 0.3 is 0 Å². The van der Waals surface area contributed by atoms with E-state index in [2.05, 4.69) is 20.8 Å². The summed E-state index contributed by atoms with van der Waals surface area (Å²) in [6, 6.07) is 12.4. The van der Waals surface area contributed by atoms with Gasteiger partial charge in [0, 0.05) is 18.2 Å². The molecule has 0 spiro atoms. The number of amides is 1. The number of ether oxygens (including phenoxy) is 3. The number of nitrogens with one attached hydrogen (secondary N) is 1. The molecule has 0 fully saturated rings. The molecular formula is C18H17N5O4. The first-order chi connectivity index (χ1) is 13.3. The maximum Gasteiger partial charge on any atom is 0.262 e. The first-order valence-electron chi connectivity index (χ1n) is 8.44. The molecule has 1 N–H and O–H groups in total. The van der Waals surface area contributed by atoms with Gasteiger partial charge in [-0.05, 0) is 46.8 Å². The predicted molar refractivity (Wildman–Crippen MR) is 95.3 cm³/mol. The summed E-state index contributed by atoms with van der Waals surface area (Å²) in [5.74, 6) is 1.61. The molecular weight excluding hydrogens is 350 g/mol. The van der Waals surface area contributed by atoms with Gasteiger partial charge in [-0.15, -0.1) is 5.10 Å². The number of aromatic nitrogens is 4. The number of benzene rings is 2. The number of hydrogen-bond acceptors (Lipinski definition) is 7. The fourth-order valence-corrected chi connectivity index (χ4v) is 2.56. The zero-order valence-corrected chi connectivity index (χ0v) is 14.4. The van der Waals surface area contributed by atoms with E-state index in [4.69, 9.17) is 14.2 Å². The van der Waals surface area contributed by atoms with Crippen molar-refractivity contribution in [1.82, 2.24) is 20.2 Å². The van der Waals surface area contributed by atoms with Crippen molar-refractivity contribution in [2.75, 3.05) is 25.1 Å². The molecule has 0 unspecified atom stereocenters. The maximum atomic E-state index is 12.1. The quantitative estimate of drug-likeness (QED) is 0.734. The minimum atomic E-state index is -0.269. The Morgan fingerprint density at radius 1 is 1.11 bits per heavy atom.